The van der Waals surface area contributed by atoms with E-state index in [0.29, 0.717) is 11.8 Å². The number of allylic oxidation sites excluding steroid dienone is 1. The van der Waals surface area contributed by atoms with Crippen molar-refractivity contribution in [2.75, 3.05) is 13.1 Å². The molecule has 0 N–H and O–H groups in total. The summed E-state index contributed by atoms with van der Waals surface area (Å²) in [6, 6.07) is 5.88. The lowest BCUT2D eigenvalue weighted by atomic mass is 9.59. The zero-order valence-electron chi connectivity index (χ0n) is 15.4. The van der Waals surface area contributed by atoms with Crippen LogP contribution in [0.3, 0.4) is 0 Å². The van der Waals surface area contributed by atoms with Gasteiger partial charge in [0, 0.05) is 32.1 Å². The van der Waals surface area contributed by atoms with Crippen LogP contribution in [0.25, 0.3) is 6.08 Å². The molecule has 1 amide bonds. The smallest absolute Gasteiger partial charge is 0.309 e. The van der Waals surface area contributed by atoms with Crippen LogP contribution in [0.15, 0.2) is 30.5 Å². The van der Waals surface area contributed by atoms with Gasteiger partial charge in [-0.25, -0.2) is 0 Å². The minimum Gasteiger partial charge on any atom is -0.462 e. The largest absolute Gasteiger partial charge is 0.462 e. The number of ether oxygens (including phenoxy) is 1. The third-order valence-electron chi connectivity index (χ3n) is 6.52. The molecule has 4 rings (SSSR count). The second-order valence-electron chi connectivity index (χ2n) is 7.93. The lowest BCUT2D eigenvalue weighted by molar-refractivity contribution is -0.144. The van der Waals surface area contributed by atoms with Crippen molar-refractivity contribution in [1.82, 2.24) is 9.88 Å². The third-order valence-corrected chi connectivity index (χ3v) is 6.52. The highest BCUT2D eigenvalue weighted by Gasteiger charge is 2.54. The second-order valence-corrected chi connectivity index (χ2v) is 7.93. The first kappa shape index (κ1) is 17.3. The number of aromatic nitrogens is 1. The Hall–Kier alpha value is -2.17. The molecule has 1 saturated carbocycles. The fourth-order valence-corrected chi connectivity index (χ4v) is 5.33. The maximum absolute atomic E-state index is 12.4. The topological polar surface area (TPSA) is 59.5 Å². The molecule has 26 heavy (non-hydrogen) atoms. The van der Waals surface area contributed by atoms with E-state index in [-0.39, 0.29) is 35.7 Å². The quantitative estimate of drug-likeness (QED) is 0.766. The van der Waals surface area contributed by atoms with Crippen molar-refractivity contribution in [1.29, 1.82) is 0 Å². The van der Waals surface area contributed by atoms with E-state index in [9.17, 15) is 9.59 Å². The van der Waals surface area contributed by atoms with Crippen LogP contribution in [-0.2, 0) is 14.3 Å². The monoisotopic (exact) mass is 354 g/mol. The standard InChI is InChI=1S/C21H26N2O3/c1-13-20-18(7-6-16-5-3-4-9-22-16)17-8-10-23(14(2)24)12-15(17)11-19(20)21(25)26-13/h3-7,9,13,15,17-20H,8,10-12H2,1-2H3/b7-6+/t13-,15-,17-,18+,19-,20+/m1/s1. The molecule has 138 valence electrons. The molecular weight excluding hydrogens is 328 g/mol. The van der Waals surface area contributed by atoms with Gasteiger partial charge in [0.05, 0.1) is 11.6 Å². The Balaban J connectivity index is 1.63. The Labute approximate surface area is 154 Å². The van der Waals surface area contributed by atoms with E-state index in [1.165, 1.54) is 0 Å². The van der Waals surface area contributed by atoms with Gasteiger partial charge >= 0.3 is 5.97 Å². The van der Waals surface area contributed by atoms with E-state index >= 15 is 0 Å². The van der Waals surface area contributed by atoms with Crippen LogP contribution >= 0.6 is 0 Å². The number of nitrogens with zero attached hydrogens (tertiary/aromatic N) is 2. The first-order valence-electron chi connectivity index (χ1n) is 9.60. The van der Waals surface area contributed by atoms with E-state index in [1.54, 1.807) is 13.1 Å². The number of amides is 1. The van der Waals surface area contributed by atoms with E-state index in [1.807, 2.05) is 30.0 Å². The Bertz CT molecular complexity index is 717. The van der Waals surface area contributed by atoms with Gasteiger partial charge in [-0.15, -0.1) is 0 Å². The number of likely N-dealkylation sites (tertiary alicyclic amines) is 1. The van der Waals surface area contributed by atoms with Gasteiger partial charge in [-0.1, -0.05) is 12.1 Å². The minimum atomic E-state index is -0.0582. The van der Waals surface area contributed by atoms with E-state index < -0.39 is 0 Å². The third kappa shape index (κ3) is 3.04. The lowest BCUT2D eigenvalue weighted by Crippen LogP contribution is -2.51. The Kier molecular flexibility index (Phi) is 4.55. The summed E-state index contributed by atoms with van der Waals surface area (Å²) < 4.78 is 5.60. The number of pyridine rings is 1. The minimum absolute atomic E-state index is 0.0438. The van der Waals surface area contributed by atoms with Crippen molar-refractivity contribution < 1.29 is 14.3 Å². The number of cyclic esters (lactones) is 1. The summed E-state index contributed by atoms with van der Waals surface area (Å²) >= 11 is 0. The average Bonchev–Trinajstić information content (AvgIpc) is 2.93. The molecule has 0 spiro atoms. The predicted octanol–water partition coefficient (Wildman–Crippen LogP) is 2.78. The fourth-order valence-electron chi connectivity index (χ4n) is 5.33. The highest BCUT2D eigenvalue weighted by Crippen LogP contribution is 2.51. The number of hydrogen-bond donors (Lipinski definition) is 0. The average molecular weight is 354 g/mol. The molecule has 0 bridgehead atoms. The Morgan fingerprint density at radius 2 is 2.23 bits per heavy atom. The number of piperidine rings is 1. The van der Waals surface area contributed by atoms with Gasteiger partial charge in [0.2, 0.25) is 5.91 Å². The molecule has 2 saturated heterocycles. The molecule has 3 heterocycles. The van der Waals surface area contributed by atoms with Gasteiger partial charge in [0.1, 0.15) is 6.10 Å². The van der Waals surface area contributed by atoms with Crippen molar-refractivity contribution in [2.24, 2.45) is 29.6 Å². The molecule has 1 aromatic heterocycles. The van der Waals surface area contributed by atoms with Crippen molar-refractivity contribution in [3.8, 4) is 0 Å². The molecule has 0 radical (unpaired) electrons. The van der Waals surface area contributed by atoms with Crippen LogP contribution in [0.4, 0.5) is 0 Å². The van der Waals surface area contributed by atoms with Gasteiger partial charge in [-0.05, 0) is 55.7 Å². The first-order chi connectivity index (χ1) is 12.5. The maximum atomic E-state index is 12.4. The summed E-state index contributed by atoms with van der Waals surface area (Å²) in [7, 11) is 0. The highest BCUT2D eigenvalue weighted by atomic mass is 16.6. The summed E-state index contributed by atoms with van der Waals surface area (Å²) in [5.41, 5.74) is 0.935. The summed E-state index contributed by atoms with van der Waals surface area (Å²) in [5.74, 6) is 1.40. The van der Waals surface area contributed by atoms with Gasteiger partial charge < -0.3 is 9.64 Å². The van der Waals surface area contributed by atoms with Crippen LogP contribution in [-0.4, -0.2) is 41.0 Å². The van der Waals surface area contributed by atoms with Crippen molar-refractivity contribution in [2.45, 2.75) is 32.8 Å². The van der Waals surface area contributed by atoms with Gasteiger partial charge in [0.15, 0.2) is 0 Å². The van der Waals surface area contributed by atoms with E-state index in [4.69, 9.17) is 4.74 Å². The van der Waals surface area contributed by atoms with Crippen LogP contribution in [0.1, 0.15) is 32.4 Å². The summed E-state index contributed by atoms with van der Waals surface area (Å²) in [4.78, 5) is 30.5. The number of hydrogen-bond acceptors (Lipinski definition) is 4. The van der Waals surface area contributed by atoms with E-state index in [0.717, 1.165) is 31.6 Å². The molecule has 0 unspecified atom stereocenters. The Morgan fingerprint density at radius 3 is 2.96 bits per heavy atom. The van der Waals surface area contributed by atoms with Crippen LogP contribution in [0.2, 0.25) is 0 Å². The summed E-state index contributed by atoms with van der Waals surface area (Å²) in [5, 5.41) is 0. The molecule has 5 heteroatoms. The Morgan fingerprint density at radius 1 is 1.38 bits per heavy atom. The number of carbonyl (C=O) groups is 2. The fraction of sp³-hybridized carbons (Fsp3) is 0.571. The van der Waals surface area contributed by atoms with Gasteiger partial charge in [-0.2, -0.15) is 0 Å². The van der Waals surface area contributed by atoms with Gasteiger partial charge in [0.25, 0.3) is 0 Å². The normalized spacial score (nSPS) is 36.5. The van der Waals surface area contributed by atoms with Crippen LogP contribution in [0, 0.1) is 29.6 Å². The summed E-state index contributed by atoms with van der Waals surface area (Å²) in [6.45, 7) is 5.23. The molecule has 3 aliphatic rings. The maximum Gasteiger partial charge on any atom is 0.309 e. The molecule has 0 aromatic carbocycles. The molecule has 2 aliphatic heterocycles. The molecule has 6 atom stereocenters. The second kappa shape index (κ2) is 6.86. The number of carbonyl (C=O) groups excluding carboxylic acids is 2. The molecule has 3 fully saturated rings. The van der Waals surface area contributed by atoms with Crippen molar-refractivity contribution in [3.63, 3.8) is 0 Å². The summed E-state index contributed by atoms with van der Waals surface area (Å²) in [6.07, 6.45) is 7.91. The van der Waals surface area contributed by atoms with E-state index in [2.05, 4.69) is 17.1 Å². The van der Waals surface area contributed by atoms with Gasteiger partial charge in [-0.3, -0.25) is 14.6 Å². The molecule has 5 nitrogen and oxygen atoms in total. The number of esters is 1. The zero-order valence-corrected chi connectivity index (χ0v) is 15.4. The van der Waals surface area contributed by atoms with Crippen molar-refractivity contribution >= 4 is 18.0 Å². The number of fused-ring (bicyclic) bond motifs is 2. The van der Waals surface area contributed by atoms with Crippen LogP contribution in [0.5, 0.6) is 0 Å². The van der Waals surface area contributed by atoms with Crippen LogP contribution < -0.4 is 0 Å². The molecule has 1 aromatic rings. The lowest BCUT2D eigenvalue weighted by Gasteiger charge is -2.48. The zero-order chi connectivity index (χ0) is 18.3. The first-order valence-corrected chi connectivity index (χ1v) is 9.60. The highest BCUT2D eigenvalue weighted by molar-refractivity contribution is 5.76. The molecule has 1 aliphatic carbocycles. The molecular formula is C21H26N2O3. The van der Waals surface area contributed by atoms with Crippen molar-refractivity contribution in [3.05, 3.63) is 36.2 Å². The number of rotatable bonds is 2. The predicted molar refractivity (Wildman–Crippen MR) is 97.8 cm³/mol. The SMILES string of the molecule is CC(=O)N1CC[C@@H]2[C@H](C[C@H]3C(=O)O[C@H](C)[C@H]3[C@H]2/C=C/c2ccccn2)C1.